The van der Waals surface area contributed by atoms with E-state index in [1.807, 2.05) is 18.2 Å². The van der Waals surface area contributed by atoms with Crippen LogP contribution in [0.2, 0.25) is 18.1 Å². The molecule has 1 amide bonds. The maximum atomic E-state index is 11.8. The Morgan fingerprint density at radius 1 is 1.30 bits per heavy atom. The first-order valence-corrected chi connectivity index (χ1v) is 11.2. The fourth-order valence-corrected chi connectivity index (χ4v) is 3.04. The first-order chi connectivity index (χ1) is 10.4. The van der Waals surface area contributed by atoms with E-state index in [0.717, 1.165) is 17.8 Å². The Kier molecular flexibility index (Phi) is 6.54. The predicted octanol–water partition coefficient (Wildman–Crippen LogP) is 4.22. The maximum absolute atomic E-state index is 11.8. The van der Waals surface area contributed by atoms with Crippen molar-refractivity contribution in [2.45, 2.75) is 71.7 Å². The molecule has 0 saturated heterocycles. The van der Waals surface area contributed by atoms with Gasteiger partial charge in [-0.1, -0.05) is 40.7 Å². The first-order valence-electron chi connectivity index (χ1n) is 8.33. The van der Waals surface area contributed by atoms with Crippen LogP contribution >= 0.6 is 0 Å². The minimum Gasteiger partial charge on any atom is -0.411 e. The van der Waals surface area contributed by atoms with Gasteiger partial charge < -0.3 is 10.2 Å². The van der Waals surface area contributed by atoms with Crippen LogP contribution in [0, 0.1) is 5.92 Å². The molecule has 0 aliphatic carbocycles. The van der Waals surface area contributed by atoms with Crippen LogP contribution in [0.5, 0.6) is 0 Å². The summed E-state index contributed by atoms with van der Waals surface area (Å²) in [5.41, 5.74) is 7.18. The van der Waals surface area contributed by atoms with Gasteiger partial charge in [0.05, 0.1) is 23.9 Å². The summed E-state index contributed by atoms with van der Waals surface area (Å²) >= 11 is 0. The summed E-state index contributed by atoms with van der Waals surface area (Å²) in [5, 5.41) is 0.165. The summed E-state index contributed by atoms with van der Waals surface area (Å²) in [5.74, 6) is -0.252. The van der Waals surface area contributed by atoms with Gasteiger partial charge in [-0.15, -0.1) is 0 Å². The number of nitrogens with two attached hydrogens (primary N) is 1. The molecule has 5 heteroatoms. The zero-order chi connectivity index (χ0) is 17.8. The van der Waals surface area contributed by atoms with Gasteiger partial charge in [-0.25, -0.2) is 0 Å². The van der Waals surface area contributed by atoms with Crippen LogP contribution < -0.4 is 5.73 Å². The highest BCUT2D eigenvalue weighted by Crippen LogP contribution is 2.37. The summed E-state index contributed by atoms with van der Waals surface area (Å²) in [6.07, 6.45) is 0.717. The molecular weight excluding hydrogens is 304 g/mol. The number of carbonyl (C=O) groups excluding carboxylic acids is 1. The monoisotopic (exact) mass is 336 g/mol. The van der Waals surface area contributed by atoms with E-state index in [4.69, 9.17) is 10.2 Å². The number of carbonyl (C=O) groups is 1. The van der Waals surface area contributed by atoms with Crippen molar-refractivity contribution in [1.29, 1.82) is 0 Å². The molecule has 0 saturated carbocycles. The van der Waals surface area contributed by atoms with Crippen molar-refractivity contribution in [3.05, 3.63) is 29.6 Å². The third-order valence-corrected chi connectivity index (χ3v) is 9.10. The van der Waals surface area contributed by atoms with Gasteiger partial charge in [0.15, 0.2) is 8.32 Å². The minimum absolute atomic E-state index is 0.165. The molecule has 2 N–H and O–H groups in total. The van der Waals surface area contributed by atoms with Crippen LogP contribution in [0.4, 0.5) is 0 Å². The van der Waals surface area contributed by atoms with Crippen LogP contribution in [-0.4, -0.2) is 19.2 Å². The first kappa shape index (κ1) is 19.8. The molecule has 0 aliphatic rings. The molecule has 1 rings (SSSR count). The third kappa shape index (κ3) is 5.73. The van der Waals surface area contributed by atoms with Crippen LogP contribution in [-0.2, 0) is 15.8 Å². The van der Waals surface area contributed by atoms with Gasteiger partial charge in [0, 0.05) is 0 Å². The van der Waals surface area contributed by atoms with Crippen molar-refractivity contribution in [2.24, 2.45) is 11.7 Å². The summed E-state index contributed by atoms with van der Waals surface area (Å²) in [7, 11) is -1.81. The standard InChI is InChI=1S/C18H32N2O2Si/c1-13(2)11-15(17(19)21)16-10-8-9-14(20-16)12-22-23(6,7)18(3,4)5/h8-10,13,15H,11-12H2,1-7H3,(H2,19,21). The average Bonchev–Trinajstić information content (AvgIpc) is 2.41. The SMILES string of the molecule is CC(C)CC(C(N)=O)c1cccc(CO[Si](C)(C)C(C)(C)C)n1. The molecule has 23 heavy (non-hydrogen) atoms. The molecule has 1 unspecified atom stereocenters. The summed E-state index contributed by atoms with van der Waals surface area (Å²) < 4.78 is 6.22. The molecule has 0 aliphatic heterocycles. The Morgan fingerprint density at radius 3 is 2.39 bits per heavy atom. The fourth-order valence-electron chi connectivity index (χ4n) is 2.10. The Bertz CT molecular complexity index is 536. The number of hydrogen-bond acceptors (Lipinski definition) is 3. The van der Waals surface area contributed by atoms with Crippen LogP contribution in [0.1, 0.15) is 58.3 Å². The highest BCUT2D eigenvalue weighted by molar-refractivity contribution is 6.74. The second kappa shape index (κ2) is 7.58. The molecule has 0 bridgehead atoms. The number of nitrogens with zero attached hydrogens (tertiary/aromatic N) is 1. The molecule has 1 heterocycles. The molecule has 1 aromatic rings. The van der Waals surface area contributed by atoms with E-state index >= 15 is 0 Å². The summed E-state index contributed by atoms with van der Waals surface area (Å²) in [6.45, 7) is 15.8. The third-order valence-electron chi connectivity index (χ3n) is 4.62. The van der Waals surface area contributed by atoms with E-state index in [-0.39, 0.29) is 16.9 Å². The lowest BCUT2D eigenvalue weighted by Crippen LogP contribution is -2.40. The molecule has 0 aromatic carbocycles. The Labute approximate surface area is 142 Å². The normalized spacial score (nSPS) is 14.1. The number of aromatic nitrogens is 1. The van der Waals surface area contributed by atoms with Gasteiger partial charge in [-0.2, -0.15) is 0 Å². The molecule has 0 fully saturated rings. The number of rotatable bonds is 7. The lowest BCUT2D eigenvalue weighted by Gasteiger charge is -2.36. The molecule has 0 spiro atoms. The second-order valence-electron chi connectivity index (χ2n) is 8.19. The topological polar surface area (TPSA) is 65.2 Å². The van der Waals surface area contributed by atoms with E-state index in [1.54, 1.807) is 0 Å². The number of hydrogen-bond donors (Lipinski definition) is 1. The highest BCUT2D eigenvalue weighted by Gasteiger charge is 2.37. The second-order valence-corrected chi connectivity index (χ2v) is 13.0. The van der Waals surface area contributed by atoms with Crippen molar-refractivity contribution in [2.75, 3.05) is 0 Å². The molecule has 0 radical (unpaired) electrons. The van der Waals surface area contributed by atoms with Crippen molar-refractivity contribution in [1.82, 2.24) is 4.98 Å². The minimum atomic E-state index is -1.81. The van der Waals surface area contributed by atoms with E-state index in [0.29, 0.717) is 12.5 Å². The lowest BCUT2D eigenvalue weighted by atomic mass is 9.93. The smallest absolute Gasteiger partial charge is 0.226 e. The summed E-state index contributed by atoms with van der Waals surface area (Å²) in [4.78, 5) is 16.4. The van der Waals surface area contributed by atoms with E-state index in [1.165, 1.54) is 0 Å². The van der Waals surface area contributed by atoms with E-state index < -0.39 is 8.32 Å². The van der Waals surface area contributed by atoms with Crippen LogP contribution in [0.25, 0.3) is 0 Å². The zero-order valence-corrected chi connectivity index (χ0v) is 16.6. The predicted molar refractivity (Wildman–Crippen MR) is 97.6 cm³/mol. The Balaban J connectivity index is 2.90. The van der Waals surface area contributed by atoms with E-state index in [2.05, 4.69) is 52.7 Å². The molecule has 1 aromatic heterocycles. The highest BCUT2D eigenvalue weighted by atomic mass is 28.4. The van der Waals surface area contributed by atoms with E-state index in [9.17, 15) is 4.79 Å². The van der Waals surface area contributed by atoms with Gasteiger partial charge in [0.2, 0.25) is 5.91 Å². The Morgan fingerprint density at radius 2 is 1.91 bits per heavy atom. The van der Waals surface area contributed by atoms with Crippen molar-refractivity contribution in [3.63, 3.8) is 0 Å². The van der Waals surface area contributed by atoms with Crippen molar-refractivity contribution >= 4 is 14.2 Å². The van der Waals surface area contributed by atoms with Gasteiger partial charge >= 0.3 is 0 Å². The quantitative estimate of drug-likeness (QED) is 0.758. The van der Waals surface area contributed by atoms with Crippen molar-refractivity contribution in [3.8, 4) is 0 Å². The molecular formula is C18H32N2O2Si. The van der Waals surface area contributed by atoms with Gasteiger partial charge in [0.25, 0.3) is 0 Å². The maximum Gasteiger partial charge on any atom is 0.226 e. The molecule has 130 valence electrons. The largest absolute Gasteiger partial charge is 0.411 e. The Hall–Kier alpha value is -1.20. The number of primary amides is 1. The summed E-state index contributed by atoms with van der Waals surface area (Å²) in [6, 6.07) is 5.76. The van der Waals surface area contributed by atoms with Crippen LogP contribution in [0.3, 0.4) is 0 Å². The number of pyridine rings is 1. The van der Waals surface area contributed by atoms with Gasteiger partial charge in [-0.3, -0.25) is 9.78 Å². The van der Waals surface area contributed by atoms with Gasteiger partial charge in [0.1, 0.15) is 0 Å². The van der Waals surface area contributed by atoms with Gasteiger partial charge in [-0.05, 0) is 42.6 Å². The number of amides is 1. The average molecular weight is 337 g/mol. The zero-order valence-electron chi connectivity index (χ0n) is 15.6. The lowest BCUT2D eigenvalue weighted by molar-refractivity contribution is -0.119. The molecule has 4 nitrogen and oxygen atoms in total. The van der Waals surface area contributed by atoms with Crippen LogP contribution in [0.15, 0.2) is 18.2 Å². The molecule has 1 atom stereocenters. The fraction of sp³-hybridized carbons (Fsp3) is 0.667. The van der Waals surface area contributed by atoms with Crippen molar-refractivity contribution < 1.29 is 9.22 Å².